The van der Waals surface area contributed by atoms with Crippen molar-refractivity contribution in [1.29, 1.82) is 0 Å². The van der Waals surface area contributed by atoms with E-state index < -0.39 is 36.8 Å². The zero-order valence-electron chi connectivity index (χ0n) is 14.1. The smallest absolute Gasteiger partial charge is 0.326 e. The Morgan fingerprint density at radius 1 is 1.00 bits per heavy atom. The maximum Gasteiger partial charge on any atom is 0.326 e. The van der Waals surface area contributed by atoms with E-state index in [9.17, 15) is 19.2 Å². The lowest BCUT2D eigenvalue weighted by atomic mass is 10.1. The highest BCUT2D eigenvalue weighted by molar-refractivity contribution is 6.30. The Morgan fingerprint density at radius 2 is 1.67 bits per heavy atom. The van der Waals surface area contributed by atoms with E-state index in [1.165, 1.54) is 12.1 Å². The molecule has 2 aromatic rings. The van der Waals surface area contributed by atoms with Crippen LogP contribution in [-0.2, 0) is 20.9 Å². The van der Waals surface area contributed by atoms with Gasteiger partial charge in [0, 0.05) is 11.6 Å². The van der Waals surface area contributed by atoms with Crippen LogP contribution in [0.15, 0.2) is 48.5 Å². The summed E-state index contributed by atoms with van der Waals surface area (Å²) in [5.74, 6) is -2.47. The molecule has 0 saturated carbocycles. The average Bonchev–Trinajstić information content (AvgIpc) is 2.90. The third-order valence-electron chi connectivity index (χ3n) is 3.91. The molecule has 1 heterocycles. The van der Waals surface area contributed by atoms with Crippen LogP contribution < -0.4 is 5.32 Å². The lowest BCUT2D eigenvalue weighted by molar-refractivity contribution is -0.148. The summed E-state index contributed by atoms with van der Waals surface area (Å²) in [5.41, 5.74) is 1.29. The minimum absolute atomic E-state index is 0.231. The minimum atomic E-state index is -0.845. The van der Waals surface area contributed by atoms with E-state index in [1.54, 1.807) is 36.4 Å². The number of amides is 3. The van der Waals surface area contributed by atoms with Crippen molar-refractivity contribution >= 4 is 35.3 Å². The van der Waals surface area contributed by atoms with Gasteiger partial charge in [-0.15, -0.1) is 0 Å². The quantitative estimate of drug-likeness (QED) is 0.603. The second kappa shape index (κ2) is 8.01. The molecule has 1 aliphatic heterocycles. The van der Waals surface area contributed by atoms with E-state index in [0.29, 0.717) is 5.02 Å². The maximum atomic E-state index is 12.2. The fourth-order valence-corrected chi connectivity index (χ4v) is 2.82. The molecule has 0 unspecified atom stereocenters. The van der Waals surface area contributed by atoms with Crippen molar-refractivity contribution < 1.29 is 23.9 Å². The van der Waals surface area contributed by atoms with Gasteiger partial charge in [-0.05, 0) is 29.8 Å². The van der Waals surface area contributed by atoms with E-state index in [2.05, 4.69) is 5.32 Å². The number of fused-ring (bicyclic) bond motifs is 1. The van der Waals surface area contributed by atoms with Crippen LogP contribution in [0.2, 0.25) is 5.02 Å². The lowest BCUT2D eigenvalue weighted by Crippen LogP contribution is -2.37. The first-order valence-electron chi connectivity index (χ1n) is 8.07. The predicted octanol–water partition coefficient (Wildman–Crippen LogP) is 1.80. The van der Waals surface area contributed by atoms with Gasteiger partial charge in [-0.25, -0.2) is 0 Å². The van der Waals surface area contributed by atoms with Gasteiger partial charge < -0.3 is 10.1 Å². The van der Waals surface area contributed by atoms with Crippen LogP contribution in [0.4, 0.5) is 0 Å². The number of ether oxygens (including phenoxy) is 1. The number of nitrogens with one attached hydrogen (secondary N) is 1. The van der Waals surface area contributed by atoms with E-state index in [0.717, 1.165) is 10.5 Å². The van der Waals surface area contributed by atoms with E-state index in [4.69, 9.17) is 16.3 Å². The molecule has 0 atom stereocenters. The summed E-state index contributed by atoms with van der Waals surface area (Å²) in [7, 11) is 0. The van der Waals surface area contributed by atoms with Crippen molar-refractivity contribution in [2.75, 3.05) is 13.2 Å². The molecular formula is C19H15ClN2O5. The minimum Gasteiger partial charge on any atom is -0.454 e. The molecule has 3 rings (SSSR count). The molecule has 3 amide bonds. The van der Waals surface area contributed by atoms with Crippen molar-refractivity contribution in [2.24, 2.45) is 0 Å². The van der Waals surface area contributed by atoms with Gasteiger partial charge in [-0.1, -0.05) is 35.9 Å². The Labute approximate surface area is 159 Å². The first-order valence-corrected chi connectivity index (χ1v) is 8.45. The van der Waals surface area contributed by atoms with Crippen LogP contribution in [0, 0.1) is 0 Å². The molecule has 0 fully saturated rings. The highest BCUT2D eigenvalue weighted by Crippen LogP contribution is 2.22. The van der Waals surface area contributed by atoms with Gasteiger partial charge in [0.1, 0.15) is 6.54 Å². The standard InChI is InChI=1S/C19H15ClN2O5/c20-13-5-3-4-12(8-13)9-21-16(23)11-27-17(24)10-22-18(25)14-6-1-2-7-15(14)19(22)26/h1-8H,9-11H2,(H,21,23). The van der Waals surface area contributed by atoms with Crippen molar-refractivity contribution in [1.82, 2.24) is 10.2 Å². The molecule has 0 aromatic heterocycles. The van der Waals surface area contributed by atoms with E-state index in [-0.39, 0.29) is 17.7 Å². The largest absolute Gasteiger partial charge is 0.454 e. The van der Waals surface area contributed by atoms with E-state index in [1.807, 2.05) is 0 Å². The molecule has 0 aliphatic carbocycles. The molecule has 1 aliphatic rings. The summed E-state index contributed by atoms with van der Waals surface area (Å²) in [5, 5.41) is 3.13. The zero-order valence-corrected chi connectivity index (χ0v) is 14.9. The van der Waals surface area contributed by atoms with Gasteiger partial charge in [-0.3, -0.25) is 24.1 Å². The SMILES string of the molecule is O=C(COC(=O)CN1C(=O)c2ccccc2C1=O)NCc1cccc(Cl)c1. The average molecular weight is 387 g/mol. The second-order valence-electron chi connectivity index (χ2n) is 5.81. The van der Waals surface area contributed by atoms with Crippen LogP contribution in [0.5, 0.6) is 0 Å². The number of hydrogen-bond donors (Lipinski definition) is 1. The lowest BCUT2D eigenvalue weighted by Gasteiger charge is -2.13. The molecule has 0 bridgehead atoms. The van der Waals surface area contributed by atoms with Crippen molar-refractivity contribution in [3.05, 3.63) is 70.2 Å². The third kappa shape index (κ3) is 4.32. The first kappa shape index (κ1) is 18.6. The van der Waals surface area contributed by atoms with Crippen LogP contribution in [0.1, 0.15) is 26.3 Å². The number of imide groups is 1. The molecule has 27 heavy (non-hydrogen) atoms. The summed E-state index contributed by atoms with van der Waals surface area (Å²) in [4.78, 5) is 48.8. The topological polar surface area (TPSA) is 92.8 Å². The normalized spacial score (nSPS) is 12.7. The van der Waals surface area contributed by atoms with E-state index >= 15 is 0 Å². The zero-order chi connectivity index (χ0) is 19.4. The Hall–Kier alpha value is -3.19. The number of halogens is 1. The number of carbonyl (C=O) groups is 4. The molecule has 8 heteroatoms. The molecule has 7 nitrogen and oxygen atoms in total. The van der Waals surface area contributed by atoms with Crippen LogP contribution in [0.3, 0.4) is 0 Å². The maximum absolute atomic E-state index is 12.2. The van der Waals surface area contributed by atoms with Crippen LogP contribution in [-0.4, -0.2) is 41.7 Å². The number of rotatable bonds is 6. The Bertz CT molecular complexity index is 893. The van der Waals surface area contributed by atoms with Gasteiger partial charge in [0.2, 0.25) is 0 Å². The number of nitrogens with zero attached hydrogens (tertiary/aromatic N) is 1. The van der Waals surface area contributed by atoms with Gasteiger partial charge in [0.05, 0.1) is 11.1 Å². The Morgan fingerprint density at radius 3 is 2.30 bits per heavy atom. The molecule has 0 radical (unpaired) electrons. The van der Waals surface area contributed by atoms with Gasteiger partial charge >= 0.3 is 5.97 Å². The Kier molecular flexibility index (Phi) is 5.52. The fourth-order valence-electron chi connectivity index (χ4n) is 2.60. The molecular weight excluding hydrogens is 372 g/mol. The number of carbonyl (C=O) groups excluding carboxylic acids is 4. The number of hydrogen-bond acceptors (Lipinski definition) is 5. The molecule has 2 aromatic carbocycles. The van der Waals surface area contributed by atoms with Crippen molar-refractivity contribution in [3.63, 3.8) is 0 Å². The fraction of sp³-hybridized carbons (Fsp3) is 0.158. The van der Waals surface area contributed by atoms with Gasteiger partial charge in [0.15, 0.2) is 6.61 Å². The summed E-state index contributed by atoms with van der Waals surface area (Å²) in [6.45, 7) is -0.828. The predicted molar refractivity (Wildman–Crippen MR) is 96.1 cm³/mol. The monoisotopic (exact) mass is 386 g/mol. The second-order valence-corrected chi connectivity index (χ2v) is 6.25. The van der Waals surface area contributed by atoms with Crippen LogP contribution in [0.25, 0.3) is 0 Å². The van der Waals surface area contributed by atoms with Crippen LogP contribution >= 0.6 is 11.6 Å². The third-order valence-corrected chi connectivity index (χ3v) is 4.14. The number of benzene rings is 2. The molecule has 0 spiro atoms. The molecule has 0 saturated heterocycles. The van der Waals surface area contributed by atoms with Crippen molar-refractivity contribution in [3.8, 4) is 0 Å². The number of esters is 1. The highest BCUT2D eigenvalue weighted by atomic mass is 35.5. The summed E-state index contributed by atoms with van der Waals surface area (Å²) >= 11 is 5.86. The summed E-state index contributed by atoms with van der Waals surface area (Å²) in [6.07, 6.45) is 0. The van der Waals surface area contributed by atoms with Gasteiger partial charge in [-0.2, -0.15) is 0 Å². The Balaban J connectivity index is 1.47. The highest BCUT2D eigenvalue weighted by Gasteiger charge is 2.36. The molecule has 1 N–H and O–H groups in total. The summed E-state index contributed by atoms with van der Waals surface area (Å²) in [6, 6.07) is 13.3. The van der Waals surface area contributed by atoms with Crippen molar-refractivity contribution in [2.45, 2.75) is 6.54 Å². The summed E-state index contributed by atoms with van der Waals surface area (Å²) < 4.78 is 4.85. The first-order chi connectivity index (χ1) is 13.0. The van der Waals surface area contributed by atoms with Gasteiger partial charge in [0.25, 0.3) is 17.7 Å². The molecule has 138 valence electrons.